The SMILES string of the molecule is Clc1ccc(C=NCCCCN=Cc2ccc(Cl)cc2)cc1. The lowest BCUT2D eigenvalue weighted by molar-refractivity contribution is 0.760. The first-order valence-electron chi connectivity index (χ1n) is 7.25. The third kappa shape index (κ3) is 6.42. The number of benzene rings is 2. The van der Waals surface area contributed by atoms with Crippen LogP contribution in [0.3, 0.4) is 0 Å². The standard InChI is InChI=1S/C18H18Cl2N2/c19-17-7-3-15(4-8-17)13-21-11-1-2-12-22-14-16-5-9-18(20)10-6-16/h3-10,13-14H,1-2,11-12H2. The van der Waals surface area contributed by atoms with Crippen molar-refractivity contribution in [2.24, 2.45) is 9.98 Å². The first-order valence-corrected chi connectivity index (χ1v) is 8.00. The zero-order valence-electron chi connectivity index (χ0n) is 12.3. The first-order chi connectivity index (χ1) is 10.7. The van der Waals surface area contributed by atoms with E-state index in [1.165, 1.54) is 0 Å². The van der Waals surface area contributed by atoms with E-state index in [0.29, 0.717) is 0 Å². The Kier molecular flexibility index (Phi) is 7.14. The molecule has 0 spiro atoms. The molecular weight excluding hydrogens is 315 g/mol. The number of hydrogen-bond acceptors (Lipinski definition) is 2. The highest BCUT2D eigenvalue weighted by atomic mass is 35.5. The molecule has 0 saturated carbocycles. The van der Waals surface area contributed by atoms with Crippen molar-refractivity contribution in [2.75, 3.05) is 13.1 Å². The third-order valence-electron chi connectivity index (χ3n) is 3.05. The molecule has 0 aliphatic carbocycles. The van der Waals surface area contributed by atoms with Crippen LogP contribution in [0, 0.1) is 0 Å². The highest BCUT2D eigenvalue weighted by Gasteiger charge is 1.90. The lowest BCUT2D eigenvalue weighted by Crippen LogP contribution is -1.89. The minimum Gasteiger partial charge on any atom is -0.293 e. The lowest BCUT2D eigenvalue weighted by atomic mass is 10.2. The maximum Gasteiger partial charge on any atom is 0.0406 e. The summed E-state index contributed by atoms with van der Waals surface area (Å²) in [6.07, 6.45) is 5.82. The van der Waals surface area contributed by atoms with E-state index >= 15 is 0 Å². The number of rotatable bonds is 7. The Morgan fingerprint density at radius 1 is 0.636 bits per heavy atom. The molecule has 0 aliphatic heterocycles. The molecule has 4 heteroatoms. The van der Waals surface area contributed by atoms with Gasteiger partial charge in [0.1, 0.15) is 0 Å². The van der Waals surface area contributed by atoms with Gasteiger partial charge in [-0.15, -0.1) is 0 Å². The van der Waals surface area contributed by atoms with Gasteiger partial charge in [-0.1, -0.05) is 47.5 Å². The molecule has 0 atom stereocenters. The zero-order valence-corrected chi connectivity index (χ0v) is 13.8. The average Bonchev–Trinajstić information content (AvgIpc) is 2.53. The van der Waals surface area contributed by atoms with E-state index in [1.807, 2.05) is 61.0 Å². The molecule has 2 nitrogen and oxygen atoms in total. The maximum absolute atomic E-state index is 5.83. The van der Waals surface area contributed by atoms with Gasteiger partial charge in [0.15, 0.2) is 0 Å². The molecule has 0 aromatic heterocycles. The van der Waals surface area contributed by atoms with E-state index < -0.39 is 0 Å². The van der Waals surface area contributed by atoms with Crippen LogP contribution in [0.2, 0.25) is 10.0 Å². The van der Waals surface area contributed by atoms with Crippen molar-refractivity contribution in [2.45, 2.75) is 12.8 Å². The van der Waals surface area contributed by atoms with Gasteiger partial charge in [-0.2, -0.15) is 0 Å². The fourth-order valence-corrected chi connectivity index (χ4v) is 2.10. The molecule has 0 N–H and O–H groups in total. The topological polar surface area (TPSA) is 24.7 Å². The van der Waals surface area contributed by atoms with E-state index in [1.54, 1.807) is 0 Å². The van der Waals surface area contributed by atoms with Gasteiger partial charge in [0.05, 0.1) is 0 Å². The molecule has 2 aromatic rings. The van der Waals surface area contributed by atoms with Crippen molar-refractivity contribution >= 4 is 35.6 Å². The van der Waals surface area contributed by atoms with Crippen molar-refractivity contribution in [3.05, 3.63) is 69.7 Å². The van der Waals surface area contributed by atoms with E-state index in [-0.39, 0.29) is 0 Å². The molecule has 114 valence electrons. The van der Waals surface area contributed by atoms with Crippen LogP contribution < -0.4 is 0 Å². The van der Waals surface area contributed by atoms with Crippen LogP contribution in [0.1, 0.15) is 24.0 Å². The predicted octanol–water partition coefficient (Wildman–Crippen LogP) is 5.31. The Hall–Kier alpha value is -1.64. The van der Waals surface area contributed by atoms with Crippen LogP contribution in [0.25, 0.3) is 0 Å². The van der Waals surface area contributed by atoms with Crippen molar-refractivity contribution in [3.8, 4) is 0 Å². The number of aliphatic imine (C=N–C) groups is 2. The maximum atomic E-state index is 5.83. The highest BCUT2D eigenvalue weighted by molar-refractivity contribution is 6.30. The van der Waals surface area contributed by atoms with Gasteiger partial charge in [-0.25, -0.2) is 0 Å². The van der Waals surface area contributed by atoms with E-state index in [4.69, 9.17) is 23.2 Å². The molecule has 2 aromatic carbocycles. The summed E-state index contributed by atoms with van der Waals surface area (Å²) in [7, 11) is 0. The molecular formula is C18H18Cl2N2. The van der Waals surface area contributed by atoms with Gasteiger partial charge in [-0.05, 0) is 48.2 Å². The summed E-state index contributed by atoms with van der Waals surface area (Å²) < 4.78 is 0. The van der Waals surface area contributed by atoms with Gasteiger partial charge in [-0.3, -0.25) is 9.98 Å². The molecule has 22 heavy (non-hydrogen) atoms. The number of nitrogens with zero attached hydrogens (tertiary/aromatic N) is 2. The van der Waals surface area contributed by atoms with Gasteiger partial charge < -0.3 is 0 Å². The summed E-state index contributed by atoms with van der Waals surface area (Å²) >= 11 is 11.7. The van der Waals surface area contributed by atoms with Crippen LogP contribution in [0.4, 0.5) is 0 Å². The smallest absolute Gasteiger partial charge is 0.0406 e. The molecule has 2 rings (SSSR count). The average molecular weight is 333 g/mol. The van der Waals surface area contributed by atoms with Crippen molar-refractivity contribution in [3.63, 3.8) is 0 Å². The Morgan fingerprint density at radius 3 is 1.36 bits per heavy atom. The first kappa shape index (κ1) is 16.7. The van der Waals surface area contributed by atoms with Crippen LogP contribution in [0.15, 0.2) is 58.5 Å². The molecule has 0 fully saturated rings. The molecule has 0 unspecified atom stereocenters. The summed E-state index contributed by atoms with van der Waals surface area (Å²) in [6.45, 7) is 1.64. The fourth-order valence-electron chi connectivity index (χ4n) is 1.84. The molecule has 0 amide bonds. The summed E-state index contributed by atoms with van der Waals surface area (Å²) in [5.41, 5.74) is 2.15. The zero-order chi connectivity index (χ0) is 15.6. The van der Waals surface area contributed by atoms with Gasteiger partial charge >= 0.3 is 0 Å². The second kappa shape index (κ2) is 9.39. The van der Waals surface area contributed by atoms with Crippen molar-refractivity contribution in [1.82, 2.24) is 0 Å². The Labute approximate surface area is 141 Å². The monoisotopic (exact) mass is 332 g/mol. The van der Waals surface area contributed by atoms with Gasteiger partial charge in [0.25, 0.3) is 0 Å². The van der Waals surface area contributed by atoms with Crippen LogP contribution in [-0.2, 0) is 0 Å². The molecule has 0 bridgehead atoms. The van der Waals surface area contributed by atoms with Gasteiger partial charge in [0, 0.05) is 35.6 Å². The molecule has 0 radical (unpaired) electrons. The highest BCUT2D eigenvalue weighted by Crippen LogP contribution is 2.08. The lowest BCUT2D eigenvalue weighted by Gasteiger charge is -1.96. The quantitative estimate of drug-likeness (QED) is 0.484. The fraction of sp³-hybridized carbons (Fsp3) is 0.222. The predicted molar refractivity (Wildman–Crippen MR) is 97.1 cm³/mol. The molecule has 0 heterocycles. The van der Waals surface area contributed by atoms with Crippen LogP contribution in [-0.4, -0.2) is 25.5 Å². The summed E-state index contributed by atoms with van der Waals surface area (Å²) in [5.74, 6) is 0. The summed E-state index contributed by atoms with van der Waals surface area (Å²) in [5, 5.41) is 1.49. The molecule has 0 saturated heterocycles. The summed E-state index contributed by atoms with van der Waals surface area (Å²) in [6, 6.07) is 15.3. The molecule has 0 aliphatic rings. The number of halogens is 2. The second-order valence-corrected chi connectivity index (χ2v) is 5.75. The van der Waals surface area contributed by atoms with Crippen LogP contribution >= 0.6 is 23.2 Å². The van der Waals surface area contributed by atoms with Crippen LogP contribution in [0.5, 0.6) is 0 Å². The second-order valence-electron chi connectivity index (χ2n) is 4.88. The largest absolute Gasteiger partial charge is 0.293 e. The van der Waals surface area contributed by atoms with Crippen molar-refractivity contribution < 1.29 is 0 Å². The Bertz CT molecular complexity index is 559. The van der Waals surface area contributed by atoms with E-state index in [0.717, 1.165) is 47.1 Å². The minimum atomic E-state index is 0.746. The third-order valence-corrected chi connectivity index (χ3v) is 3.55. The van der Waals surface area contributed by atoms with Crippen molar-refractivity contribution in [1.29, 1.82) is 0 Å². The Balaban J connectivity index is 1.61. The number of unbranched alkanes of at least 4 members (excludes halogenated alkanes) is 1. The Morgan fingerprint density at radius 2 is 1.00 bits per heavy atom. The number of hydrogen-bond donors (Lipinski definition) is 0. The normalized spacial score (nSPS) is 11.5. The van der Waals surface area contributed by atoms with E-state index in [9.17, 15) is 0 Å². The van der Waals surface area contributed by atoms with Gasteiger partial charge in [0.2, 0.25) is 0 Å². The van der Waals surface area contributed by atoms with E-state index in [2.05, 4.69) is 9.98 Å². The summed E-state index contributed by atoms with van der Waals surface area (Å²) in [4.78, 5) is 8.80. The minimum absolute atomic E-state index is 0.746.